The molecule has 0 N–H and O–H groups in total. The van der Waals surface area contributed by atoms with E-state index < -0.39 is 11.7 Å². The van der Waals surface area contributed by atoms with Crippen LogP contribution in [0.2, 0.25) is 0 Å². The van der Waals surface area contributed by atoms with Gasteiger partial charge in [-0.05, 0) is 47.1 Å². The Morgan fingerprint density at radius 2 is 1.64 bits per heavy atom. The number of benzene rings is 2. The summed E-state index contributed by atoms with van der Waals surface area (Å²) in [7, 11) is 0. The third-order valence-electron chi connectivity index (χ3n) is 5.30. The lowest BCUT2D eigenvalue weighted by atomic mass is 9.98. The van der Waals surface area contributed by atoms with Crippen LogP contribution in [0.25, 0.3) is 5.57 Å². The summed E-state index contributed by atoms with van der Waals surface area (Å²) in [6.07, 6.45) is -1.03. The maximum absolute atomic E-state index is 12.7. The third kappa shape index (κ3) is 3.49. The Balaban J connectivity index is 1.42. The molecule has 1 fully saturated rings. The van der Waals surface area contributed by atoms with Gasteiger partial charge in [-0.2, -0.15) is 13.2 Å². The Bertz CT molecular complexity index is 762. The van der Waals surface area contributed by atoms with E-state index in [1.165, 1.54) is 23.3 Å². The summed E-state index contributed by atoms with van der Waals surface area (Å²) in [6.45, 7) is 3.06. The molecule has 2 aromatic rings. The summed E-state index contributed by atoms with van der Waals surface area (Å²) in [6, 6.07) is 16.0. The van der Waals surface area contributed by atoms with Crippen LogP contribution in [0.15, 0.2) is 60.7 Å². The largest absolute Gasteiger partial charge is 0.416 e. The van der Waals surface area contributed by atoms with Crippen LogP contribution in [0, 0.1) is 11.8 Å². The molecule has 25 heavy (non-hydrogen) atoms. The highest BCUT2D eigenvalue weighted by Gasteiger charge is 2.36. The van der Waals surface area contributed by atoms with Crippen molar-refractivity contribution in [1.82, 2.24) is 4.90 Å². The van der Waals surface area contributed by atoms with Gasteiger partial charge >= 0.3 is 6.18 Å². The van der Waals surface area contributed by atoms with Crippen molar-refractivity contribution in [2.24, 2.45) is 11.8 Å². The molecule has 0 aromatic heterocycles. The lowest BCUT2D eigenvalue weighted by Crippen LogP contribution is -2.20. The van der Waals surface area contributed by atoms with Crippen molar-refractivity contribution in [1.29, 1.82) is 0 Å². The minimum atomic E-state index is -4.27. The fraction of sp³-hybridized carbons (Fsp3) is 0.333. The van der Waals surface area contributed by atoms with E-state index in [-0.39, 0.29) is 0 Å². The quantitative estimate of drug-likeness (QED) is 0.736. The Morgan fingerprint density at radius 3 is 2.28 bits per heavy atom. The van der Waals surface area contributed by atoms with Crippen LogP contribution in [-0.4, -0.2) is 18.0 Å². The molecule has 0 amide bonds. The molecule has 1 aliphatic heterocycles. The SMILES string of the molecule is FC(F)(F)c1ccc(C2=CC3CN(Cc4ccccc4)CC3C2)cc1. The van der Waals surface area contributed by atoms with Crippen LogP contribution in [0.1, 0.15) is 23.1 Å². The lowest BCUT2D eigenvalue weighted by molar-refractivity contribution is -0.137. The molecule has 2 unspecified atom stereocenters. The minimum Gasteiger partial charge on any atom is -0.298 e. The van der Waals surface area contributed by atoms with Crippen molar-refractivity contribution in [3.8, 4) is 0 Å². The maximum Gasteiger partial charge on any atom is 0.416 e. The molecule has 2 aliphatic rings. The van der Waals surface area contributed by atoms with E-state index in [1.54, 1.807) is 12.1 Å². The molecule has 4 rings (SSSR count). The van der Waals surface area contributed by atoms with Gasteiger partial charge in [-0.15, -0.1) is 0 Å². The summed E-state index contributed by atoms with van der Waals surface area (Å²) in [4.78, 5) is 2.48. The standard InChI is InChI=1S/C21H20F3N/c22-21(23,24)20-8-6-16(7-9-20)17-10-18-13-25(14-19(18)11-17)12-15-4-2-1-3-5-15/h1-10,18-19H,11-14H2. The monoisotopic (exact) mass is 343 g/mol. The number of likely N-dealkylation sites (tertiary alicyclic amines) is 1. The normalized spacial score (nSPS) is 23.6. The van der Waals surface area contributed by atoms with E-state index in [9.17, 15) is 13.2 Å². The molecule has 0 bridgehead atoms. The smallest absolute Gasteiger partial charge is 0.298 e. The van der Waals surface area contributed by atoms with Gasteiger partial charge in [0.25, 0.3) is 0 Å². The molecular weight excluding hydrogens is 323 g/mol. The van der Waals surface area contributed by atoms with Crippen molar-refractivity contribution in [2.75, 3.05) is 13.1 Å². The summed E-state index contributed by atoms with van der Waals surface area (Å²) in [5.74, 6) is 1.10. The number of allylic oxidation sites excluding steroid dienone is 1. The molecule has 0 saturated carbocycles. The zero-order chi connectivity index (χ0) is 17.4. The molecule has 1 saturated heterocycles. The number of halogens is 3. The molecule has 1 nitrogen and oxygen atoms in total. The van der Waals surface area contributed by atoms with E-state index >= 15 is 0 Å². The number of fused-ring (bicyclic) bond motifs is 1. The first kappa shape index (κ1) is 16.4. The fourth-order valence-corrected chi connectivity index (χ4v) is 4.06. The predicted molar refractivity (Wildman–Crippen MR) is 92.7 cm³/mol. The van der Waals surface area contributed by atoms with Gasteiger partial charge in [0.2, 0.25) is 0 Å². The van der Waals surface area contributed by atoms with Gasteiger partial charge in [0.05, 0.1) is 5.56 Å². The predicted octanol–water partition coefficient (Wildman–Crippen LogP) is 5.24. The third-order valence-corrected chi connectivity index (χ3v) is 5.30. The average Bonchev–Trinajstić information content (AvgIpc) is 3.13. The Kier molecular flexibility index (Phi) is 4.16. The topological polar surface area (TPSA) is 3.24 Å². The summed E-state index contributed by atoms with van der Waals surface area (Å²) < 4.78 is 38.1. The van der Waals surface area contributed by atoms with Gasteiger partial charge in [0, 0.05) is 19.6 Å². The second-order valence-electron chi connectivity index (χ2n) is 7.07. The van der Waals surface area contributed by atoms with E-state index in [2.05, 4.69) is 35.2 Å². The van der Waals surface area contributed by atoms with Gasteiger partial charge in [-0.25, -0.2) is 0 Å². The van der Waals surface area contributed by atoms with E-state index in [1.807, 2.05) is 6.07 Å². The number of alkyl halides is 3. The lowest BCUT2D eigenvalue weighted by Gasteiger charge is -2.17. The van der Waals surface area contributed by atoms with Crippen LogP contribution < -0.4 is 0 Å². The molecule has 1 aliphatic carbocycles. The van der Waals surface area contributed by atoms with Gasteiger partial charge in [0.1, 0.15) is 0 Å². The van der Waals surface area contributed by atoms with Gasteiger partial charge in [0.15, 0.2) is 0 Å². The van der Waals surface area contributed by atoms with Gasteiger partial charge in [-0.1, -0.05) is 48.5 Å². The second-order valence-corrected chi connectivity index (χ2v) is 7.07. The first-order valence-electron chi connectivity index (χ1n) is 8.63. The van der Waals surface area contributed by atoms with Crippen molar-refractivity contribution < 1.29 is 13.2 Å². The number of hydrogen-bond acceptors (Lipinski definition) is 1. The first-order valence-corrected chi connectivity index (χ1v) is 8.63. The molecule has 2 atom stereocenters. The molecule has 0 spiro atoms. The fourth-order valence-electron chi connectivity index (χ4n) is 4.06. The summed E-state index contributed by atoms with van der Waals surface area (Å²) in [5, 5.41) is 0. The zero-order valence-electron chi connectivity index (χ0n) is 13.8. The minimum absolute atomic E-state index is 0.515. The Hall–Kier alpha value is -2.07. The Labute approximate surface area is 145 Å². The van der Waals surface area contributed by atoms with E-state index in [0.29, 0.717) is 11.8 Å². The van der Waals surface area contributed by atoms with Crippen molar-refractivity contribution in [2.45, 2.75) is 19.1 Å². The Morgan fingerprint density at radius 1 is 0.920 bits per heavy atom. The van der Waals surface area contributed by atoms with Crippen molar-refractivity contribution in [3.63, 3.8) is 0 Å². The van der Waals surface area contributed by atoms with Crippen molar-refractivity contribution in [3.05, 3.63) is 77.4 Å². The highest BCUT2D eigenvalue weighted by Crippen LogP contribution is 2.41. The second kappa shape index (κ2) is 6.34. The summed E-state index contributed by atoms with van der Waals surface area (Å²) >= 11 is 0. The van der Waals surface area contributed by atoms with Crippen LogP contribution in [0.3, 0.4) is 0 Å². The average molecular weight is 343 g/mol. The number of rotatable bonds is 3. The van der Waals surface area contributed by atoms with Crippen LogP contribution in [0.4, 0.5) is 13.2 Å². The highest BCUT2D eigenvalue weighted by molar-refractivity contribution is 5.68. The van der Waals surface area contributed by atoms with Gasteiger partial charge < -0.3 is 0 Å². The van der Waals surface area contributed by atoms with Crippen LogP contribution in [0.5, 0.6) is 0 Å². The summed E-state index contributed by atoms with van der Waals surface area (Å²) in [5.41, 5.74) is 2.87. The van der Waals surface area contributed by atoms with Crippen LogP contribution >= 0.6 is 0 Å². The molecule has 130 valence electrons. The van der Waals surface area contributed by atoms with Gasteiger partial charge in [-0.3, -0.25) is 4.90 Å². The highest BCUT2D eigenvalue weighted by atomic mass is 19.4. The first-order chi connectivity index (χ1) is 12.0. The molecule has 2 aromatic carbocycles. The molecular formula is C21H20F3N. The van der Waals surface area contributed by atoms with E-state index in [0.717, 1.165) is 31.6 Å². The number of hydrogen-bond donors (Lipinski definition) is 0. The zero-order valence-corrected chi connectivity index (χ0v) is 13.8. The molecule has 0 radical (unpaired) electrons. The van der Waals surface area contributed by atoms with Crippen LogP contribution in [-0.2, 0) is 12.7 Å². The molecule has 4 heteroatoms. The number of nitrogens with zero attached hydrogens (tertiary/aromatic N) is 1. The van der Waals surface area contributed by atoms with Crippen molar-refractivity contribution >= 4 is 5.57 Å². The van der Waals surface area contributed by atoms with E-state index in [4.69, 9.17) is 0 Å². The maximum atomic E-state index is 12.7. The molecule has 1 heterocycles.